The lowest BCUT2D eigenvalue weighted by Crippen LogP contribution is -1.77. The molecule has 0 atom stereocenters. The first-order valence-electron chi connectivity index (χ1n) is 5.03. The van der Waals surface area contributed by atoms with Gasteiger partial charge in [0.1, 0.15) is 0 Å². The van der Waals surface area contributed by atoms with Crippen LogP contribution in [0.15, 0.2) is 24.3 Å². The Hall–Kier alpha value is -1.43. The lowest BCUT2D eigenvalue weighted by atomic mass is 10.3. The maximum absolute atomic E-state index is 11.9. The van der Waals surface area contributed by atoms with E-state index in [9.17, 15) is 8.78 Å². The van der Waals surface area contributed by atoms with E-state index in [0.29, 0.717) is 5.92 Å². The van der Waals surface area contributed by atoms with E-state index in [-0.39, 0.29) is 0 Å². The Morgan fingerprint density at radius 1 is 1.13 bits per heavy atom. The third-order valence-electron chi connectivity index (χ3n) is 1.58. The van der Waals surface area contributed by atoms with Gasteiger partial charge in [0.05, 0.1) is 6.07 Å². The number of benzene rings is 1. The fourth-order valence-electron chi connectivity index (χ4n) is 0.652. The van der Waals surface area contributed by atoms with Gasteiger partial charge in [-0.05, 0) is 25.0 Å². The second-order valence-electron chi connectivity index (χ2n) is 2.82. The Kier molecular flexibility index (Phi) is 7.17. The molecule has 82 valence electrons. The highest BCUT2D eigenvalue weighted by molar-refractivity contribution is 5.05. The van der Waals surface area contributed by atoms with E-state index in [0.717, 1.165) is 25.0 Å². The topological polar surface area (TPSA) is 23.8 Å². The molecule has 2 rings (SSSR count). The molecule has 0 radical (unpaired) electrons. The van der Waals surface area contributed by atoms with Crippen molar-refractivity contribution in [2.24, 2.45) is 5.92 Å². The molecule has 3 heteroatoms. The monoisotopic (exact) mass is 211 g/mol. The zero-order chi connectivity index (χ0) is 11.7. The normalized spacial score (nSPS) is 12.5. The van der Waals surface area contributed by atoms with Crippen LogP contribution in [0.1, 0.15) is 26.7 Å². The molecule has 1 aliphatic rings. The molecule has 0 spiro atoms. The van der Waals surface area contributed by atoms with Crippen LogP contribution in [0.2, 0.25) is 0 Å². The number of hydrogen-bond donors (Lipinski definition) is 0. The summed E-state index contributed by atoms with van der Waals surface area (Å²) in [5.74, 6) is -1.16. The van der Waals surface area contributed by atoms with Crippen molar-refractivity contribution in [3.8, 4) is 6.07 Å². The van der Waals surface area contributed by atoms with Crippen LogP contribution in [-0.2, 0) is 0 Å². The van der Waals surface area contributed by atoms with Crippen LogP contribution in [0, 0.1) is 28.9 Å². The lowest BCUT2D eigenvalue weighted by molar-refractivity contribution is 0.508. The molecule has 1 aliphatic carbocycles. The molecule has 1 nitrogen and oxygen atoms in total. The summed E-state index contributed by atoms with van der Waals surface area (Å²) in [4.78, 5) is 0. The second kappa shape index (κ2) is 7.93. The van der Waals surface area contributed by atoms with Gasteiger partial charge >= 0.3 is 0 Å². The molecular weight excluding hydrogens is 196 g/mol. The minimum atomic E-state index is -0.799. The van der Waals surface area contributed by atoms with Crippen LogP contribution in [0.5, 0.6) is 0 Å². The Bertz CT molecular complexity index is 293. The van der Waals surface area contributed by atoms with E-state index in [4.69, 9.17) is 5.26 Å². The number of halogens is 2. The van der Waals surface area contributed by atoms with Gasteiger partial charge in [0, 0.05) is 5.92 Å². The Balaban J connectivity index is 0.000000241. The molecule has 1 saturated carbocycles. The maximum Gasteiger partial charge on any atom is 0.158 e. The van der Waals surface area contributed by atoms with Gasteiger partial charge in [-0.3, -0.25) is 0 Å². The van der Waals surface area contributed by atoms with Gasteiger partial charge in [-0.15, -0.1) is 0 Å². The Morgan fingerprint density at radius 3 is 1.67 bits per heavy atom. The molecular formula is C12H15F2N. The van der Waals surface area contributed by atoms with Crippen LogP contribution in [0.4, 0.5) is 8.78 Å². The average molecular weight is 211 g/mol. The van der Waals surface area contributed by atoms with Crippen molar-refractivity contribution in [2.45, 2.75) is 26.7 Å². The summed E-state index contributed by atoms with van der Waals surface area (Å²) in [5, 5.41) is 7.96. The first-order valence-corrected chi connectivity index (χ1v) is 5.03. The second-order valence-corrected chi connectivity index (χ2v) is 2.82. The number of nitrogens with zero attached hydrogens (tertiary/aromatic N) is 1. The largest absolute Gasteiger partial charge is 0.204 e. The summed E-state index contributed by atoms with van der Waals surface area (Å²) >= 11 is 0. The van der Waals surface area contributed by atoms with Crippen molar-refractivity contribution < 1.29 is 8.78 Å². The molecule has 0 amide bonds. The van der Waals surface area contributed by atoms with Gasteiger partial charge in [-0.1, -0.05) is 26.0 Å². The summed E-state index contributed by atoms with van der Waals surface area (Å²) in [6, 6.07) is 7.18. The van der Waals surface area contributed by atoms with E-state index < -0.39 is 11.6 Å². The van der Waals surface area contributed by atoms with E-state index in [1.165, 1.54) is 12.1 Å². The molecule has 0 aromatic heterocycles. The fourth-order valence-corrected chi connectivity index (χ4v) is 0.652. The van der Waals surface area contributed by atoms with Gasteiger partial charge in [0.2, 0.25) is 0 Å². The first kappa shape index (κ1) is 13.6. The van der Waals surface area contributed by atoms with Crippen LogP contribution in [0.3, 0.4) is 0 Å². The van der Waals surface area contributed by atoms with E-state index in [1.54, 1.807) is 0 Å². The highest BCUT2D eigenvalue weighted by Crippen LogP contribution is 2.26. The quantitative estimate of drug-likeness (QED) is 0.638. The van der Waals surface area contributed by atoms with Crippen molar-refractivity contribution >= 4 is 0 Å². The number of nitriles is 1. The molecule has 0 heterocycles. The first-order chi connectivity index (χ1) is 7.24. The number of hydrogen-bond acceptors (Lipinski definition) is 1. The maximum atomic E-state index is 11.9. The summed E-state index contributed by atoms with van der Waals surface area (Å²) in [6.45, 7) is 4.00. The standard InChI is InChI=1S/C6H4F2.C4H5N.C2H6/c7-5-3-1-2-4-6(5)8;5-3-4-1-2-4;1-2/h1-4H;4H,1-2H2;1-2H3. The predicted octanol–water partition coefficient (Wildman–Crippen LogP) is 3.91. The fraction of sp³-hybridized carbons (Fsp3) is 0.417. The molecule has 1 aromatic carbocycles. The highest BCUT2D eigenvalue weighted by atomic mass is 19.2. The zero-order valence-corrected chi connectivity index (χ0v) is 9.00. The third-order valence-corrected chi connectivity index (χ3v) is 1.58. The summed E-state index contributed by atoms with van der Waals surface area (Å²) in [5.41, 5.74) is 0. The summed E-state index contributed by atoms with van der Waals surface area (Å²) in [7, 11) is 0. The third kappa shape index (κ3) is 6.62. The molecule has 0 N–H and O–H groups in total. The summed E-state index contributed by atoms with van der Waals surface area (Å²) < 4.78 is 23.9. The van der Waals surface area contributed by atoms with Crippen molar-refractivity contribution in [3.63, 3.8) is 0 Å². The Morgan fingerprint density at radius 2 is 1.53 bits per heavy atom. The smallest absolute Gasteiger partial charge is 0.158 e. The van der Waals surface area contributed by atoms with E-state index >= 15 is 0 Å². The van der Waals surface area contributed by atoms with Crippen LogP contribution in [0.25, 0.3) is 0 Å². The Labute approximate surface area is 89.4 Å². The average Bonchev–Trinajstić information content (AvgIpc) is 3.10. The van der Waals surface area contributed by atoms with Crippen molar-refractivity contribution in [2.75, 3.05) is 0 Å². The molecule has 0 aliphatic heterocycles. The van der Waals surface area contributed by atoms with E-state index in [2.05, 4.69) is 6.07 Å². The van der Waals surface area contributed by atoms with Gasteiger partial charge in [0.25, 0.3) is 0 Å². The highest BCUT2D eigenvalue weighted by Gasteiger charge is 2.19. The molecule has 0 bridgehead atoms. The minimum absolute atomic E-state index is 0.440. The molecule has 1 aromatic rings. The van der Waals surface area contributed by atoms with Crippen molar-refractivity contribution in [1.29, 1.82) is 5.26 Å². The predicted molar refractivity (Wildman–Crippen MR) is 56.0 cm³/mol. The van der Waals surface area contributed by atoms with Gasteiger partial charge in [-0.25, -0.2) is 8.78 Å². The zero-order valence-electron chi connectivity index (χ0n) is 9.00. The van der Waals surface area contributed by atoms with Gasteiger partial charge < -0.3 is 0 Å². The molecule has 0 saturated heterocycles. The van der Waals surface area contributed by atoms with E-state index in [1.807, 2.05) is 13.8 Å². The van der Waals surface area contributed by atoms with Gasteiger partial charge in [-0.2, -0.15) is 5.26 Å². The minimum Gasteiger partial charge on any atom is -0.204 e. The molecule has 15 heavy (non-hydrogen) atoms. The van der Waals surface area contributed by atoms with Crippen LogP contribution >= 0.6 is 0 Å². The SMILES string of the molecule is CC.Fc1ccccc1F.N#CC1CC1. The van der Waals surface area contributed by atoms with Crippen LogP contribution < -0.4 is 0 Å². The molecule has 1 fully saturated rings. The lowest BCUT2D eigenvalue weighted by Gasteiger charge is -1.85. The van der Waals surface area contributed by atoms with Crippen molar-refractivity contribution in [3.05, 3.63) is 35.9 Å². The molecule has 0 unspecified atom stereocenters. The summed E-state index contributed by atoms with van der Waals surface area (Å²) in [6.07, 6.45) is 2.30. The van der Waals surface area contributed by atoms with Gasteiger partial charge in [0.15, 0.2) is 11.6 Å². The van der Waals surface area contributed by atoms with Crippen LogP contribution in [-0.4, -0.2) is 0 Å². The number of rotatable bonds is 0. The van der Waals surface area contributed by atoms with Crippen molar-refractivity contribution in [1.82, 2.24) is 0 Å².